The Labute approximate surface area is 139 Å². The molecule has 22 heavy (non-hydrogen) atoms. The molecule has 2 atom stereocenters. The zero-order valence-electron chi connectivity index (χ0n) is 13.7. The van der Waals surface area contributed by atoms with Crippen molar-refractivity contribution in [3.8, 4) is 5.75 Å². The zero-order valence-corrected chi connectivity index (χ0v) is 14.5. The molecule has 1 aliphatic heterocycles. The topological polar surface area (TPSA) is 41.6 Å². The van der Waals surface area contributed by atoms with Crippen molar-refractivity contribution < 1.29 is 9.53 Å². The minimum absolute atomic E-state index is 0. The molecular weight excluding hydrogens is 300 g/mol. The molecule has 5 heteroatoms. The third-order valence-corrected chi connectivity index (χ3v) is 4.22. The predicted molar refractivity (Wildman–Crippen MR) is 91.9 cm³/mol. The molecule has 1 N–H and O–H groups in total. The molecule has 1 aromatic carbocycles. The lowest BCUT2D eigenvalue weighted by atomic mass is 9.92. The predicted octanol–water partition coefficient (Wildman–Crippen LogP) is 2.82. The summed E-state index contributed by atoms with van der Waals surface area (Å²) in [6, 6.07) is 8.47. The largest absolute Gasteiger partial charge is 0.497 e. The Hall–Kier alpha value is -1.26. The number of piperazine rings is 1. The fourth-order valence-corrected chi connectivity index (χ4v) is 2.87. The third kappa shape index (κ3) is 4.89. The highest BCUT2D eigenvalue weighted by molar-refractivity contribution is 5.85. The Morgan fingerprint density at radius 2 is 2.09 bits per heavy atom. The van der Waals surface area contributed by atoms with E-state index in [4.69, 9.17) is 4.74 Å². The number of rotatable bonds is 5. The monoisotopic (exact) mass is 326 g/mol. The molecule has 1 saturated heterocycles. The number of carbonyl (C=O) groups is 1. The van der Waals surface area contributed by atoms with E-state index in [1.807, 2.05) is 17.0 Å². The number of nitrogens with one attached hydrogen (secondary N) is 1. The number of nitrogens with zero attached hydrogens (tertiary/aromatic N) is 1. The summed E-state index contributed by atoms with van der Waals surface area (Å²) < 4.78 is 5.19. The number of methoxy groups -OCH3 is 1. The summed E-state index contributed by atoms with van der Waals surface area (Å²) in [5.74, 6) is 1.41. The maximum absolute atomic E-state index is 12.5. The van der Waals surface area contributed by atoms with Crippen LogP contribution in [0.4, 0.5) is 0 Å². The Morgan fingerprint density at radius 1 is 1.41 bits per heavy atom. The van der Waals surface area contributed by atoms with E-state index in [0.717, 1.165) is 31.8 Å². The molecule has 0 spiro atoms. The lowest BCUT2D eigenvalue weighted by molar-refractivity contribution is -0.132. The van der Waals surface area contributed by atoms with Gasteiger partial charge < -0.3 is 15.0 Å². The fourth-order valence-electron chi connectivity index (χ4n) is 2.87. The quantitative estimate of drug-likeness (QED) is 0.904. The Kier molecular flexibility index (Phi) is 7.69. The van der Waals surface area contributed by atoms with E-state index >= 15 is 0 Å². The summed E-state index contributed by atoms with van der Waals surface area (Å²) in [5, 5.41) is 3.37. The van der Waals surface area contributed by atoms with Crippen molar-refractivity contribution >= 4 is 18.3 Å². The van der Waals surface area contributed by atoms with Crippen LogP contribution in [-0.4, -0.2) is 43.6 Å². The van der Waals surface area contributed by atoms with Crippen molar-refractivity contribution in [1.82, 2.24) is 10.2 Å². The molecule has 4 nitrogen and oxygen atoms in total. The van der Waals surface area contributed by atoms with E-state index < -0.39 is 0 Å². The van der Waals surface area contributed by atoms with Gasteiger partial charge in [-0.25, -0.2) is 0 Å². The summed E-state index contributed by atoms with van der Waals surface area (Å²) in [4.78, 5) is 14.5. The number of hydrogen-bond donors (Lipinski definition) is 1. The average molecular weight is 327 g/mol. The first-order valence-electron chi connectivity index (χ1n) is 7.79. The molecule has 1 fully saturated rings. The first-order chi connectivity index (χ1) is 10.1. The second-order valence-electron chi connectivity index (χ2n) is 5.78. The maximum Gasteiger partial charge on any atom is 0.223 e. The van der Waals surface area contributed by atoms with Crippen molar-refractivity contribution in [1.29, 1.82) is 0 Å². The molecule has 1 aromatic rings. The summed E-state index contributed by atoms with van der Waals surface area (Å²) in [7, 11) is 1.67. The third-order valence-electron chi connectivity index (χ3n) is 4.22. The van der Waals surface area contributed by atoms with Gasteiger partial charge in [0.1, 0.15) is 5.75 Å². The minimum atomic E-state index is 0. The number of ether oxygens (including phenoxy) is 1. The Bertz CT molecular complexity index is 464. The molecular formula is C17H27ClN2O2. The van der Waals surface area contributed by atoms with Crippen LogP contribution in [0.25, 0.3) is 0 Å². The van der Waals surface area contributed by atoms with E-state index in [1.165, 1.54) is 5.56 Å². The summed E-state index contributed by atoms with van der Waals surface area (Å²) in [6.07, 6.45) is 1.56. The number of hydrogen-bond acceptors (Lipinski definition) is 3. The van der Waals surface area contributed by atoms with Gasteiger partial charge in [0.25, 0.3) is 0 Å². The van der Waals surface area contributed by atoms with Gasteiger partial charge in [0, 0.05) is 32.1 Å². The molecule has 0 aliphatic carbocycles. The molecule has 1 aliphatic rings. The van der Waals surface area contributed by atoms with Gasteiger partial charge in [-0.3, -0.25) is 4.79 Å². The molecule has 1 unspecified atom stereocenters. The van der Waals surface area contributed by atoms with Crippen molar-refractivity contribution in [3.05, 3.63) is 29.8 Å². The maximum atomic E-state index is 12.5. The van der Waals surface area contributed by atoms with Crippen LogP contribution in [0.1, 0.15) is 38.2 Å². The highest BCUT2D eigenvalue weighted by Crippen LogP contribution is 2.26. The summed E-state index contributed by atoms with van der Waals surface area (Å²) in [5.41, 5.74) is 1.22. The second kappa shape index (κ2) is 9.01. The van der Waals surface area contributed by atoms with Crippen molar-refractivity contribution in [2.24, 2.45) is 0 Å². The van der Waals surface area contributed by atoms with Gasteiger partial charge >= 0.3 is 0 Å². The lowest BCUT2D eigenvalue weighted by Crippen LogP contribution is -2.51. The van der Waals surface area contributed by atoms with Crippen molar-refractivity contribution in [2.75, 3.05) is 26.7 Å². The van der Waals surface area contributed by atoms with Crippen LogP contribution < -0.4 is 10.1 Å². The summed E-state index contributed by atoms with van der Waals surface area (Å²) >= 11 is 0. The van der Waals surface area contributed by atoms with Crippen LogP contribution in [0, 0.1) is 0 Å². The number of amides is 1. The molecule has 0 saturated carbocycles. The molecule has 1 heterocycles. The first kappa shape index (κ1) is 18.8. The highest BCUT2D eigenvalue weighted by Gasteiger charge is 2.23. The second-order valence-corrected chi connectivity index (χ2v) is 5.78. The molecule has 0 aromatic heterocycles. The molecule has 2 rings (SSSR count). The highest BCUT2D eigenvalue weighted by atomic mass is 35.5. The number of carbonyl (C=O) groups excluding carboxylic acids is 1. The van der Waals surface area contributed by atoms with Crippen LogP contribution in [0.2, 0.25) is 0 Å². The van der Waals surface area contributed by atoms with E-state index in [9.17, 15) is 4.79 Å². The average Bonchev–Trinajstić information content (AvgIpc) is 2.52. The number of halogens is 1. The minimum Gasteiger partial charge on any atom is -0.497 e. The van der Waals surface area contributed by atoms with Crippen LogP contribution in [0.5, 0.6) is 5.75 Å². The molecule has 0 bridgehead atoms. The van der Waals surface area contributed by atoms with Crippen LogP contribution in [0.3, 0.4) is 0 Å². The first-order valence-corrected chi connectivity index (χ1v) is 7.79. The van der Waals surface area contributed by atoms with Crippen molar-refractivity contribution in [3.63, 3.8) is 0 Å². The van der Waals surface area contributed by atoms with Crippen LogP contribution >= 0.6 is 12.4 Å². The van der Waals surface area contributed by atoms with E-state index in [0.29, 0.717) is 12.5 Å². The van der Waals surface area contributed by atoms with Gasteiger partial charge in [0.05, 0.1) is 7.11 Å². The molecule has 1 amide bonds. The smallest absolute Gasteiger partial charge is 0.223 e. The Morgan fingerprint density at radius 3 is 2.64 bits per heavy atom. The summed E-state index contributed by atoms with van der Waals surface area (Å²) in [6.45, 7) is 6.80. The van der Waals surface area contributed by atoms with E-state index in [1.54, 1.807) is 7.11 Å². The molecule has 124 valence electrons. The van der Waals surface area contributed by atoms with Gasteiger partial charge in [0.2, 0.25) is 5.91 Å². The normalized spacial score (nSPS) is 19.2. The van der Waals surface area contributed by atoms with Crippen molar-refractivity contribution in [2.45, 2.75) is 38.6 Å². The van der Waals surface area contributed by atoms with Gasteiger partial charge in [-0.1, -0.05) is 19.1 Å². The van der Waals surface area contributed by atoms with Gasteiger partial charge in [-0.2, -0.15) is 0 Å². The standard InChI is InChI=1S/C17H26N2O2.ClH/c1-4-14(15-5-7-16(21-3)8-6-15)11-17(20)19-10-9-18-13(2)12-19;/h5-8,13-14,18H,4,9-12H2,1-3H3;1H/t13-,14?;/m1./s1. The lowest BCUT2D eigenvalue weighted by Gasteiger charge is -2.33. The Balaban J connectivity index is 0.00000242. The van der Waals surface area contributed by atoms with E-state index in [-0.39, 0.29) is 24.2 Å². The van der Waals surface area contributed by atoms with Gasteiger partial charge in [-0.15, -0.1) is 12.4 Å². The van der Waals surface area contributed by atoms with Crippen LogP contribution in [-0.2, 0) is 4.79 Å². The fraction of sp³-hybridized carbons (Fsp3) is 0.588. The molecule has 0 radical (unpaired) electrons. The zero-order chi connectivity index (χ0) is 15.2. The van der Waals surface area contributed by atoms with E-state index in [2.05, 4.69) is 31.3 Å². The van der Waals surface area contributed by atoms with Gasteiger partial charge in [-0.05, 0) is 37.0 Å². The number of benzene rings is 1. The SMILES string of the molecule is CCC(CC(=O)N1CCN[C@H](C)C1)c1ccc(OC)cc1.Cl. The van der Waals surface area contributed by atoms with Crippen LogP contribution in [0.15, 0.2) is 24.3 Å². The van der Waals surface area contributed by atoms with Gasteiger partial charge in [0.15, 0.2) is 0 Å².